The van der Waals surface area contributed by atoms with Crippen LogP contribution < -0.4 is 15.6 Å². The maximum absolute atomic E-state index is 12.4. The Balaban J connectivity index is 1.48. The molecule has 0 aromatic carbocycles. The van der Waals surface area contributed by atoms with Gasteiger partial charge in [-0.1, -0.05) is 43.3 Å². The van der Waals surface area contributed by atoms with E-state index in [0.717, 1.165) is 30.2 Å². The maximum atomic E-state index is 12.4. The van der Waals surface area contributed by atoms with Crippen molar-refractivity contribution in [1.29, 1.82) is 0 Å². The van der Waals surface area contributed by atoms with Crippen LogP contribution in [0.3, 0.4) is 0 Å². The first-order valence-electron chi connectivity index (χ1n) is 14.1. The predicted molar refractivity (Wildman–Crippen MR) is 144 cm³/mol. The van der Waals surface area contributed by atoms with Crippen LogP contribution in [-0.2, 0) is 35.0 Å². The summed E-state index contributed by atoms with van der Waals surface area (Å²) in [5.74, 6) is -3.16. The van der Waals surface area contributed by atoms with Gasteiger partial charge in [-0.25, -0.2) is 4.79 Å². The molecule has 3 heterocycles. The Labute approximate surface area is 237 Å². The third-order valence-electron chi connectivity index (χ3n) is 9.04. The highest BCUT2D eigenvalue weighted by Gasteiger charge is 2.69. The van der Waals surface area contributed by atoms with Gasteiger partial charge in [0.25, 0.3) is 0 Å². The van der Waals surface area contributed by atoms with Crippen molar-refractivity contribution in [2.24, 2.45) is 11.8 Å². The molecule has 1 saturated heterocycles. The van der Waals surface area contributed by atoms with Crippen molar-refractivity contribution < 1.29 is 49.0 Å². The van der Waals surface area contributed by atoms with Crippen LogP contribution in [0, 0.1) is 11.8 Å². The summed E-state index contributed by atoms with van der Waals surface area (Å²) >= 11 is 0. The van der Waals surface area contributed by atoms with Gasteiger partial charge in [0.05, 0.1) is 32.5 Å². The van der Waals surface area contributed by atoms with Gasteiger partial charge in [0.2, 0.25) is 0 Å². The van der Waals surface area contributed by atoms with E-state index in [-0.39, 0.29) is 24.8 Å². The molecular formula is C30H38NO10-. The summed E-state index contributed by atoms with van der Waals surface area (Å²) in [4.78, 5) is 28.7. The van der Waals surface area contributed by atoms with Crippen LogP contribution in [0.4, 0.5) is 0 Å². The fourth-order valence-corrected chi connectivity index (χ4v) is 6.95. The molecule has 1 saturated carbocycles. The van der Waals surface area contributed by atoms with Crippen molar-refractivity contribution in [3.8, 4) is 0 Å². The lowest BCUT2D eigenvalue weighted by Crippen LogP contribution is -2.77. The van der Waals surface area contributed by atoms with Gasteiger partial charge in [-0.05, 0) is 36.5 Å². The Kier molecular flexibility index (Phi) is 8.19. The van der Waals surface area contributed by atoms with Gasteiger partial charge in [0.15, 0.2) is 11.9 Å². The number of aryl methyl sites for hydroxylation is 1. The monoisotopic (exact) mass is 572 g/mol. The highest BCUT2D eigenvalue weighted by atomic mass is 16.7. The molecule has 41 heavy (non-hydrogen) atoms. The summed E-state index contributed by atoms with van der Waals surface area (Å²) in [6.07, 6.45) is 2.89. The highest BCUT2D eigenvalue weighted by molar-refractivity contribution is 5.90. The van der Waals surface area contributed by atoms with Crippen LogP contribution in [0.1, 0.15) is 51.1 Å². The molecule has 4 N–H and O–H groups in total. The van der Waals surface area contributed by atoms with Crippen molar-refractivity contribution in [3.63, 3.8) is 0 Å². The summed E-state index contributed by atoms with van der Waals surface area (Å²) in [5.41, 5.74) is -1.60. The number of aliphatic hydroxyl groups is 3. The zero-order valence-electron chi connectivity index (χ0n) is 23.3. The molecular weight excluding hydrogens is 534 g/mol. The van der Waals surface area contributed by atoms with Gasteiger partial charge < -0.3 is 44.4 Å². The first kappa shape index (κ1) is 29.5. The molecule has 224 valence electrons. The number of fused-ring (bicyclic) bond motifs is 2. The Morgan fingerprint density at radius 1 is 1.34 bits per heavy atom. The minimum Gasteiger partial charge on any atom is -0.658 e. The molecule has 4 aliphatic rings. The summed E-state index contributed by atoms with van der Waals surface area (Å²) < 4.78 is 23.5. The number of esters is 1. The van der Waals surface area contributed by atoms with E-state index in [9.17, 15) is 30.0 Å². The summed E-state index contributed by atoms with van der Waals surface area (Å²) in [5, 5.41) is 45.1. The van der Waals surface area contributed by atoms with Crippen molar-refractivity contribution in [1.82, 2.24) is 4.98 Å². The maximum Gasteiger partial charge on any atom is 0.333 e. The normalized spacial score (nSPS) is 35.7. The lowest BCUT2D eigenvalue weighted by atomic mass is 9.63. The molecule has 2 bridgehead atoms. The van der Waals surface area contributed by atoms with E-state index in [1.54, 1.807) is 6.08 Å². The first-order chi connectivity index (χ1) is 19.6. The third-order valence-corrected chi connectivity index (χ3v) is 9.04. The number of methoxy groups -OCH3 is 1. The molecule has 1 spiro atoms. The molecule has 1 aromatic heterocycles. The Hall–Kier alpha value is -2.96. The van der Waals surface area contributed by atoms with Gasteiger partial charge >= 0.3 is 11.9 Å². The molecule has 1 aromatic rings. The third kappa shape index (κ3) is 4.73. The Morgan fingerprint density at radius 3 is 2.78 bits per heavy atom. The number of carbonyl (C=O) groups is 2. The standard InChI is InChI=1S/C30H38NO10/c1-4-6-7-16-12-20-21-10-11-29(37)27(36)30(21,39-15-22(20)31-16)24(14-32)41-28(29)40-23-9-8-18(26(35)38-3)19(13-25(33)34)17(23)5-2/h5,8,12,15,17,19,23-24,27-28,32,36-37H,2,4,6-7,9-11,13-14H2,1,3H3,(H,33,34)/q-1. The summed E-state index contributed by atoms with van der Waals surface area (Å²) in [6.45, 7) is 5.43. The minimum absolute atomic E-state index is 0.0830. The van der Waals surface area contributed by atoms with Crippen LogP contribution >= 0.6 is 0 Å². The minimum atomic E-state index is -1.91. The second kappa shape index (κ2) is 11.4. The zero-order valence-corrected chi connectivity index (χ0v) is 23.3. The van der Waals surface area contributed by atoms with Gasteiger partial charge in [-0.2, -0.15) is 5.69 Å². The number of carbonyl (C=O) groups excluding carboxylic acids is 1. The van der Waals surface area contributed by atoms with Crippen LogP contribution in [0.2, 0.25) is 0 Å². The molecule has 2 aliphatic carbocycles. The number of aliphatic hydroxyl groups excluding tert-OH is 2. The molecule has 8 atom stereocenters. The van der Waals surface area contributed by atoms with Gasteiger partial charge in [0.1, 0.15) is 17.8 Å². The van der Waals surface area contributed by atoms with Crippen LogP contribution in [0.25, 0.3) is 11.8 Å². The van der Waals surface area contributed by atoms with Crippen LogP contribution in [-0.4, -0.2) is 81.9 Å². The predicted octanol–water partition coefficient (Wildman–Crippen LogP) is 0.0285. The molecule has 11 nitrogen and oxygen atoms in total. The number of ether oxygens (including phenoxy) is 4. The average Bonchev–Trinajstić information content (AvgIpc) is 3.37. The molecule has 2 aliphatic heterocycles. The average molecular weight is 573 g/mol. The lowest BCUT2D eigenvalue weighted by molar-refractivity contribution is -0.371. The SMILES string of the molecule is C=CC1C(OC2OC(CO)C34OC=c5[n-]c(CCCC)cc5=C3CCC2(O)C4O)CC=C(C(=O)OC)C1CC(=O)O. The zero-order chi connectivity index (χ0) is 29.5. The van der Waals surface area contributed by atoms with Gasteiger partial charge in [0, 0.05) is 17.4 Å². The van der Waals surface area contributed by atoms with E-state index >= 15 is 0 Å². The van der Waals surface area contributed by atoms with Crippen molar-refractivity contribution in [2.75, 3.05) is 13.7 Å². The second-order valence-electron chi connectivity index (χ2n) is 11.3. The van der Waals surface area contributed by atoms with Crippen LogP contribution in [0.5, 0.6) is 0 Å². The largest absolute Gasteiger partial charge is 0.658 e. The lowest BCUT2D eigenvalue weighted by Gasteiger charge is -2.60. The number of rotatable bonds is 10. The second-order valence-corrected chi connectivity index (χ2v) is 11.3. The molecule has 2 fully saturated rings. The first-order valence-corrected chi connectivity index (χ1v) is 14.1. The van der Waals surface area contributed by atoms with Crippen molar-refractivity contribution in [2.45, 2.75) is 87.7 Å². The van der Waals surface area contributed by atoms with Crippen molar-refractivity contribution >= 4 is 23.8 Å². The van der Waals surface area contributed by atoms with E-state index in [0.29, 0.717) is 17.3 Å². The number of aliphatic carboxylic acids is 1. The van der Waals surface area contributed by atoms with E-state index in [4.69, 9.17) is 18.9 Å². The molecule has 8 unspecified atom stereocenters. The fraction of sp³-hybridized carbons (Fsp3) is 0.600. The Bertz CT molecular complexity index is 1350. The number of carboxylic acids is 1. The number of unbranched alkanes of at least 4 members (excludes halogenated alkanes) is 1. The van der Waals surface area contributed by atoms with Gasteiger partial charge in [-0.15, -0.1) is 6.58 Å². The summed E-state index contributed by atoms with van der Waals surface area (Å²) in [6, 6.07) is 1.99. The number of hydrogen-bond acceptors (Lipinski definition) is 9. The number of nitrogens with zero attached hydrogens (tertiary/aromatic N) is 1. The van der Waals surface area contributed by atoms with Crippen molar-refractivity contribution in [3.05, 3.63) is 46.6 Å². The molecule has 5 rings (SSSR count). The van der Waals surface area contributed by atoms with E-state index in [2.05, 4.69) is 18.5 Å². The molecule has 0 amide bonds. The topological polar surface area (TPSA) is 166 Å². The van der Waals surface area contributed by atoms with E-state index < -0.39 is 66.2 Å². The number of aromatic nitrogens is 1. The highest BCUT2D eigenvalue weighted by Crippen LogP contribution is 2.52. The van der Waals surface area contributed by atoms with Crippen LogP contribution in [0.15, 0.2) is 30.4 Å². The molecule has 0 radical (unpaired) electrons. The number of carboxylic acid groups (broad SMARTS) is 1. The quantitative estimate of drug-likeness (QED) is 0.221. The van der Waals surface area contributed by atoms with Gasteiger partial charge in [-0.3, -0.25) is 4.79 Å². The Morgan fingerprint density at radius 2 is 2.12 bits per heavy atom. The summed E-state index contributed by atoms with van der Waals surface area (Å²) in [7, 11) is 1.23. The fourth-order valence-electron chi connectivity index (χ4n) is 6.95. The molecule has 11 heteroatoms. The van der Waals surface area contributed by atoms with E-state index in [1.165, 1.54) is 19.4 Å². The van der Waals surface area contributed by atoms with E-state index in [1.807, 2.05) is 6.07 Å². The number of hydrogen-bond donors (Lipinski definition) is 4. The smallest absolute Gasteiger partial charge is 0.333 e.